The van der Waals surface area contributed by atoms with E-state index in [2.05, 4.69) is 5.32 Å². The predicted molar refractivity (Wildman–Crippen MR) is 76.2 cm³/mol. The minimum atomic E-state index is -1.00. The summed E-state index contributed by atoms with van der Waals surface area (Å²) in [5, 5.41) is 11.9. The number of ketones is 1. The molecule has 110 valence electrons. The minimum absolute atomic E-state index is 0.194. The number of hydrogen-bond donors (Lipinski definition) is 2. The van der Waals surface area contributed by atoms with Crippen molar-refractivity contribution in [1.82, 2.24) is 5.32 Å². The van der Waals surface area contributed by atoms with E-state index in [0.717, 1.165) is 11.1 Å². The smallest absolute Gasteiger partial charge is 0.305 e. The zero-order chi connectivity index (χ0) is 15.1. The van der Waals surface area contributed by atoms with Gasteiger partial charge in [0, 0.05) is 19.2 Å². The average molecular weight is 279 g/mol. The van der Waals surface area contributed by atoms with E-state index in [9.17, 15) is 9.59 Å². The van der Waals surface area contributed by atoms with Crippen LogP contribution in [0.5, 0.6) is 0 Å². The number of methoxy groups -OCH3 is 1. The van der Waals surface area contributed by atoms with Crippen LogP contribution in [0.4, 0.5) is 0 Å². The Morgan fingerprint density at radius 2 is 2.05 bits per heavy atom. The van der Waals surface area contributed by atoms with Gasteiger partial charge in [-0.25, -0.2) is 0 Å². The number of Topliss-reactive ketones (excluding diaryl/α,β-unsaturated/α-hetero) is 1. The maximum Gasteiger partial charge on any atom is 0.305 e. The first kappa shape index (κ1) is 16.3. The number of aryl methyl sites for hydroxylation is 2. The quantitative estimate of drug-likeness (QED) is 0.558. The van der Waals surface area contributed by atoms with Crippen LogP contribution in [0.3, 0.4) is 0 Å². The fourth-order valence-corrected chi connectivity index (χ4v) is 2.05. The maximum absolute atomic E-state index is 12.4. The number of carbonyl (C=O) groups excluding carboxylic acids is 1. The van der Waals surface area contributed by atoms with E-state index in [4.69, 9.17) is 9.84 Å². The van der Waals surface area contributed by atoms with E-state index in [1.54, 1.807) is 13.2 Å². The fraction of sp³-hybridized carbons (Fsp3) is 0.467. The molecular weight excluding hydrogens is 258 g/mol. The number of ether oxygens (including phenoxy) is 1. The van der Waals surface area contributed by atoms with Crippen molar-refractivity contribution in [2.75, 3.05) is 20.3 Å². The molecule has 20 heavy (non-hydrogen) atoms. The van der Waals surface area contributed by atoms with Crippen LogP contribution in [-0.4, -0.2) is 43.2 Å². The number of benzene rings is 1. The van der Waals surface area contributed by atoms with Gasteiger partial charge in [-0.1, -0.05) is 23.8 Å². The first-order valence-electron chi connectivity index (χ1n) is 6.51. The van der Waals surface area contributed by atoms with Crippen molar-refractivity contribution < 1.29 is 19.4 Å². The molecule has 0 heterocycles. The number of aliphatic carboxylic acids is 1. The van der Waals surface area contributed by atoms with Crippen molar-refractivity contribution in [2.24, 2.45) is 0 Å². The lowest BCUT2D eigenvalue weighted by Crippen LogP contribution is -2.40. The van der Waals surface area contributed by atoms with Gasteiger partial charge in [0.1, 0.15) is 0 Å². The highest BCUT2D eigenvalue weighted by molar-refractivity contribution is 6.02. The summed E-state index contributed by atoms with van der Waals surface area (Å²) in [7, 11) is 1.56. The van der Waals surface area contributed by atoms with Gasteiger partial charge < -0.3 is 15.2 Å². The Bertz CT molecular complexity index is 485. The normalized spacial score (nSPS) is 12.2. The summed E-state index contributed by atoms with van der Waals surface area (Å²) in [6.07, 6.45) is -0.240. The molecule has 0 fully saturated rings. The predicted octanol–water partition coefficient (Wildman–Crippen LogP) is 1.57. The first-order chi connectivity index (χ1) is 9.45. The third-order valence-electron chi connectivity index (χ3n) is 3.04. The molecule has 0 aliphatic carbocycles. The zero-order valence-electron chi connectivity index (χ0n) is 12.1. The number of rotatable bonds is 8. The summed E-state index contributed by atoms with van der Waals surface area (Å²) in [6.45, 7) is 4.67. The number of carboxylic acid groups (broad SMARTS) is 1. The molecule has 0 saturated carbocycles. The average Bonchev–Trinajstić information content (AvgIpc) is 2.36. The van der Waals surface area contributed by atoms with Gasteiger partial charge in [-0.2, -0.15) is 0 Å². The maximum atomic E-state index is 12.4. The summed E-state index contributed by atoms with van der Waals surface area (Å²) >= 11 is 0. The lowest BCUT2D eigenvalue weighted by molar-refractivity contribution is -0.137. The largest absolute Gasteiger partial charge is 0.481 e. The Hall–Kier alpha value is -1.72. The second-order valence-electron chi connectivity index (χ2n) is 4.78. The SMILES string of the molecule is COCCNC(CC(=O)O)C(=O)c1ccc(C)cc1C. The van der Waals surface area contributed by atoms with Gasteiger partial charge in [0.2, 0.25) is 0 Å². The Balaban J connectivity index is 2.87. The number of hydrogen-bond acceptors (Lipinski definition) is 4. The molecular formula is C15H21NO4. The van der Waals surface area contributed by atoms with Crippen molar-refractivity contribution in [3.05, 3.63) is 34.9 Å². The number of nitrogens with one attached hydrogen (secondary N) is 1. The Kier molecular flexibility index (Phi) is 6.35. The first-order valence-corrected chi connectivity index (χ1v) is 6.51. The van der Waals surface area contributed by atoms with Crippen molar-refractivity contribution in [2.45, 2.75) is 26.3 Å². The second kappa shape index (κ2) is 7.77. The number of carboxylic acids is 1. The van der Waals surface area contributed by atoms with Crippen LogP contribution in [0.25, 0.3) is 0 Å². The van der Waals surface area contributed by atoms with Crippen LogP contribution in [0, 0.1) is 13.8 Å². The molecule has 2 N–H and O–H groups in total. The van der Waals surface area contributed by atoms with Crippen LogP contribution in [0.15, 0.2) is 18.2 Å². The molecule has 0 saturated heterocycles. The van der Waals surface area contributed by atoms with Gasteiger partial charge in [-0.3, -0.25) is 9.59 Å². The zero-order valence-corrected chi connectivity index (χ0v) is 12.1. The van der Waals surface area contributed by atoms with Gasteiger partial charge >= 0.3 is 5.97 Å². The van der Waals surface area contributed by atoms with E-state index in [-0.39, 0.29) is 12.2 Å². The van der Waals surface area contributed by atoms with Crippen LogP contribution >= 0.6 is 0 Å². The van der Waals surface area contributed by atoms with E-state index in [1.165, 1.54) is 0 Å². The Morgan fingerprint density at radius 1 is 1.35 bits per heavy atom. The number of carbonyl (C=O) groups is 2. The Labute approximate surface area is 118 Å². The molecule has 0 aromatic heterocycles. The van der Waals surface area contributed by atoms with Gasteiger partial charge in [0.15, 0.2) is 5.78 Å². The van der Waals surface area contributed by atoms with Crippen LogP contribution in [-0.2, 0) is 9.53 Å². The Morgan fingerprint density at radius 3 is 2.60 bits per heavy atom. The van der Waals surface area contributed by atoms with Gasteiger partial charge in [0.25, 0.3) is 0 Å². The van der Waals surface area contributed by atoms with Gasteiger partial charge in [-0.05, 0) is 19.4 Å². The summed E-state index contributed by atoms with van der Waals surface area (Å²) in [5.74, 6) is -1.20. The third kappa shape index (κ3) is 4.75. The van der Waals surface area contributed by atoms with Crippen molar-refractivity contribution in [3.8, 4) is 0 Å². The standard InChI is InChI=1S/C15H21NO4/c1-10-4-5-12(11(2)8-10)15(19)13(9-14(17)18)16-6-7-20-3/h4-5,8,13,16H,6-7,9H2,1-3H3,(H,17,18). The van der Waals surface area contributed by atoms with Crippen LogP contribution in [0.2, 0.25) is 0 Å². The van der Waals surface area contributed by atoms with Crippen molar-refractivity contribution in [1.29, 1.82) is 0 Å². The van der Waals surface area contributed by atoms with Gasteiger partial charge in [0.05, 0.1) is 19.1 Å². The highest BCUT2D eigenvalue weighted by Gasteiger charge is 2.23. The summed E-state index contributed by atoms with van der Waals surface area (Å²) in [5.41, 5.74) is 2.49. The third-order valence-corrected chi connectivity index (χ3v) is 3.04. The monoisotopic (exact) mass is 279 g/mol. The highest BCUT2D eigenvalue weighted by Crippen LogP contribution is 2.14. The van der Waals surface area contributed by atoms with E-state index < -0.39 is 12.0 Å². The topological polar surface area (TPSA) is 75.6 Å². The van der Waals surface area contributed by atoms with E-state index >= 15 is 0 Å². The molecule has 5 heteroatoms. The molecule has 0 amide bonds. The molecule has 0 spiro atoms. The van der Waals surface area contributed by atoms with E-state index in [0.29, 0.717) is 18.7 Å². The molecule has 1 atom stereocenters. The molecule has 1 aromatic carbocycles. The van der Waals surface area contributed by atoms with E-state index in [1.807, 2.05) is 26.0 Å². The molecule has 0 radical (unpaired) electrons. The van der Waals surface area contributed by atoms with Crippen molar-refractivity contribution >= 4 is 11.8 Å². The molecule has 1 rings (SSSR count). The molecule has 0 bridgehead atoms. The molecule has 1 unspecified atom stereocenters. The second-order valence-corrected chi connectivity index (χ2v) is 4.78. The minimum Gasteiger partial charge on any atom is -0.481 e. The lowest BCUT2D eigenvalue weighted by Gasteiger charge is -2.17. The lowest BCUT2D eigenvalue weighted by atomic mass is 9.96. The van der Waals surface area contributed by atoms with Crippen LogP contribution in [0.1, 0.15) is 27.9 Å². The summed E-state index contributed by atoms with van der Waals surface area (Å²) in [6, 6.07) is 4.79. The summed E-state index contributed by atoms with van der Waals surface area (Å²) < 4.78 is 4.90. The molecule has 0 aliphatic heterocycles. The molecule has 0 aliphatic rings. The molecule has 5 nitrogen and oxygen atoms in total. The van der Waals surface area contributed by atoms with Crippen LogP contribution < -0.4 is 5.32 Å². The van der Waals surface area contributed by atoms with Gasteiger partial charge in [-0.15, -0.1) is 0 Å². The summed E-state index contributed by atoms with van der Waals surface area (Å²) in [4.78, 5) is 23.3. The molecule has 1 aromatic rings. The highest BCUT2D eigenvalue weighted by atomic mass is 16.5. The van der Waals surface area contributed by atoms with Crippen molar-refractivity contribution in [3.63, 3.8) is 0 Å². The fourth-order valence-electron chi connectivity index (χ4n) is 2.05.